The molecule has 1 aromatic carbocycles. The van der Waals surface area contributed by atoms with Crippen molar-refractivity contribution in [2.75, 3.05) is 33.1 Å². The molecule has 31 heavy (non-hydrogen) atoms. The number of methoxy groups -OCH3 is 1. The number of rotatable bonds is 9. The lowest BCUT2D eigenvalue weighted by atomic mass is 10.0. The van der Waals surface area contributed by atoms with Crippen LogP contribution < -0.4 is 5.32 Å². The van der Waals surface area contributed by atoms with Crippen LogP contribution in [0.2, 0.25) is 0 Å². The molecule has 1 aliphatic rings. The van der Waals surface area contributed by atoms with Gasteiger partial charge in [0.1, 0.15) is 11.5 Å². The van der Waals surface area contributed by atoms with Gasteiger partial charge in [-0.2, -0.15) is 0 Å². The second-order valence-electron chi connectivity index (χ2n) is 8.20. The molecular formula is C23H35ClFN3O2S. The molecule has 5 nitrogen and oxygen atoms in total. The first-order valence-corrected chi connectivity index (χ1v) is 12.1. The van der Waals surface area contributed by atoms with E-state index in [4.69, 9.17) is 4.74 Å². The highest BCUT2D eigenvalue weighted by molar-refractivity contribution is 7.99. The summed E-state index contributed by atoms with van der Waals surface area (Å²) in [5.41, 5.74) is 1.62. The lowest BCUT2D eigenvalue weighted by Gasteiger charge is -2.38. The van der Waals surface area contributed by atoms with E-state index in [0.29, 0.717) is 18.8 Å². The minimum absolute atomic E-state index is 0. The Morgan fingerprint density at radius 2 is 2.16 bits per heavy atom. The Hall–Kier alpha value is -1.28. The van der Waals surface area contributed by atoms with Gasteiger partial charge in [0, 0.05) is 54.7 Å². The lowest BCUT2D eigenvalue weighted by Crippen LogP contribution is -2.52. The second kappa shape index (κ2) is 12.1. The molecule has 0 saturated carbocycles. The first kappa shape index (κ1) is 26.0. The summed E-state index contributed by atoms with van der Waals surface area (Å²) in [6.45, 7) is 7.39. The van der Waals surface area contributed by atoms with Crippen molar-refractivity contribution < 1.29 is 13.9 Å². The van der Waals surface area contributed by atoms with E-state index in [-0.39, 0.29) is 36.2 Å². The van der Waals surface area contributed by atoms with Crippen LogP contribution in [0.25, 0.3) is 10.9 Å². The summed E-state index contributed by atoms with van der Waals surface area (Å²) in [4.78, 5) is 16.9. The van der Waals surface area contributed by atoms with Crippen LogP contribution in [0.15, 0.2) is 23.1 Å². The zero-order chi connectivity index (χ0) is 21.7. The number of nitrogens with one attached hydrogen (secondary N) is 1. The fraction of sp³-hybridized carbons (Fsp3) is 0.609. The van der Waals surface area contributed by atoms with Gasteiger partial charge in [0.2, 0.25) is 0 Å². The summed E-state index contributed by atoms with van der Waals surface area (Å²) < 4.78 is 21.4. The Kier molecular flexibility index (Phi) is 10.1. The zero-order valence-electron chi connectivity index (χ0n) is 18.9. The summed E-state index contributed by atoms with van der Waals surface area (Å²) in [6, 6.07) is 5.12. The highest BCUT2D eigenvalue weighted by Crippen LogP contribution is 2.36. The first-order valence-electron chi connectivity index (χ1n) is 10.9. The molecule has 2 heterocycles. The molecule has 0 radical (unpaired) electrons. The number of hydrogen-bond acceptors (Lipinski definition) is 4. The van der Waals surface area contributed by atoms with Crippen molar-refractivity contribution in [1.82, 2.24) is 14.8 Å². The van der Waals surface area contributed by atoms with Gasteiger partial charge in [-0.05, 0) is 70.5 Å². The summed E-state index contributed by atoms with van der Waals surface area (Å²) in [7, 11) is 1.70. The molecule has 1 N–H and O–H groups in total. The molecule has 1 fully saturated rings. The van der Waals surface area contributed by atoms with Gasteiger partial charge in [0.05, 0.1) is 0 Å². The molecule has 0 spiro atoms. The molecule has 1 saturated heterocycles. The smallest absolute Gasteiger partial charge is 0.272 e. The molecule has 1 atom stereocenters. The fourth-order valence-electron chi connectivity index (χ4n) is 4.48. The number of thioether (sulfide) groups is 1. The van der Waals surface area contributed by atoms with Gasteiger partial charge >= 0.3 is 0 Å². The SMILES string of the molecule is COCCCCn1c(C(=O)N(C(C)C)[C@@H]2CCCNC2)c(SC)c2cc(F)ccc21.Cl. The monoisotopic (exact) mass is 471 g/mol. The quantitative estimate of drug-likeness (QED) is 0.415. The molecule has 1 aromatic heterocycles. The van der Waals surface area contributed by atoms with Crippen molar-refractivity contribution in [3.63, 3.8) is 0 Å². The van der Waals surface area contributed by atoms with Gasteiger partial charge in [-0.1, -0.05) is 0 Å². The zero-order valence-corrected chi connectivity index (χ0v) is 20.6. The third-order valence-corrected chi connectivity index (χ3v) is 6.64. The third-order valence-electron chi connectivity index (χ3n) is 5.82. The molecular weight excluding hydrogens is 437 g/mol. The number of unbranched alkanes of at least 4 members (excludes halogenated alkanes) is 1. The maximum Gasteiger partial charge on any atom is 0.272 e. The molecule has 0 bridgehead atoms. The van der Waals surface area contributed by atoms with Crippen LogP contribution in [0.3, 0.4) is 0 Å². The number of fused-ring (bicyclic) bond motifs is 1. The number of aromatic nitrogens is 1. The van der Waals surface area contributed by atoms with E-state index in [0.717, 1.165) is 54.6 Å². The Morgan fingerprint density at radius 1 is 1.39 bits per heavy atom. The second-order valence-corrected chi connectivity index (χ2v) is 9.02. The highest BCUT2D eigenvalue weighted by Gasteiger charge is 2.33. The number of halogens is 2. The molecule has 174 valence electrons. The predicted molar refractivity (Wildman–Crippen MR) is 129 cm³/mol. The molecule has 1 aliphatic heterocycles. The number of carbonyl (C=O) groups is 1. The molecule has 2 aromatic rings. The van der Waals surface area contributed by atoms with E-state index in [1.54, 1.807) is 19.2 Å². The molecule has 8 heteroatoms. The van der Waals surface area contributed by atoms with Crippen LogP contribution >= 0.6 is 24.2 Å². The molecule has 3 rings (SSSR count). The Balaban J connectivity index is 0.00000341. The molecule has 0 aliphatic carbocycles. The highest BCUT2D eigenvalue weighted by atomic mass is 35.5. The van der Waals surface area contributed by atoms with Crippen LogP contribution in [0.4, 0.5) is 4.39 Å². The number of amides is 1. The largest absolute Gasteiger partial charge is 0.385 e. The van der Waals surface area contributed by atoms with Crippen LogP contribution in [-0.4, -0.2) is 60.5 Å². The first-order chi connectivity index (χ1) is 14.5. The van der Waals surface area contributed by atoms with Crippen LogP contribution in [0.1, 0.15) is 50.0 Å². The third kappa shape index (κ3) is 5.75. The van der Waals surface area contributed by atoms with Crippen molar-refractivity contribution in [1.29, 1.82) is 0 Å². The maximum atomic E-state index is 14.1. The minimum Gasteiger partial charge on any atom is -0.385 e. The number of ether oxygens (including phenoxy) is 1. The number of aryl methyl sites for hydroxylation is 1. The molecule has 0 unspecified atom stereocenters. The van der Waals surface area contributed by atoms with Gasteiger partial charge < -0.3 is 19.5 Å². The molecule has 1 amide bonds. The van der Waals surface area contributed by atoms with E-state index in [1.807, 2.05) is 11.2 Å². The van der Waals surface area contributed by atoms with Gasteiger partial charge in [-0.15, -0.1) is 24.2 Å². The van der Waals surface area contributed by atoms with Gasteiger partial charge in [0.15, 0.2) is 0 Å². The van der Waals surface area contributed by atoms with Gasteiger partial charge in [-0.25, -0.2) is 4.39 Å². The number of piperidine rings is 1. The number of carbonyl (C=O) groups excluding carboxylic acids is 1. The number of nitrogens with zero attached hydrogens (tertiary/aromatic N) is 2. The van der Waals surface area contributed by atoms with Crippen molar-refractivity contribution in [2.45, 2.75) is 63.1 Å². The summed E-state index contributed by atoms with van der Waals surface area (Å²) in [5, 5.41) is 4.26. The van der Waals surface area contributed by atoms with E-state index >= 15 is 0 Å². The van der Waals surface area contributed by atoms with E-state index in [1.165, 1.54) is 17.8 Å². The van der Waals surface area contributed by atoms with Crippen molar-refractivity contribution >= 4 is 41.0 Å². The Bertz CT molecular complexity index is 868. The standard InChI is InChI=1S/C23H34FN3O2S.ClH/c1-16(2)27(18-8-7-11-25-15-18)23(28)21-22(30-4)19-14-17(24)9-10-20(19)26(21)12-5-6-13-29-3;/h9-10,14,16,18,25H,5-8,11-13,15H2,1-4H3;1H/t18-;/m1./s1. The predicted octanol–water partition coefficient (Wildman–Crippen LogP) is 4.95. The van der Waals surface area contributed by atoms with Crippen molar-refractivity contribution in [3.05, 3.63) is 29.7 Å². The maximum absolute atomic E-state index is 14.1. The number of hydrogen-bond donors (Lipinski definition) is 1. The van der Waals surface area contributed by atoms with Crippen LogP contribution in [0, 0.1) is 5.82 Å². The fourth-order valence-corrected chi connectivity index (χ4v) is 5.25. The Labute approximate surface area is 195 Å². The van der Waals surface area contributed by atoms with Crippen LogP contribution in [-0.2, 0) is 11.3 Å². The van der Waals surface area contributed by atoms with E-state index < -0.39 is 0 Å². The number of benzene rings is 1. The van der Waals surface area contributed by atoms with E-state index in [9.17, 15) is 9.18 Å². The topological polar surface area (TPSA) is 46.5 Å². The van der Waals surface area contributed by atoms with Gasteiger partial charge in [-0.3, -0.25) is 4.79 Å². The lowest BCUT2D eigenvalue weighted by molar-refractivity contribution is 0.0558. The van der Waals surface area contributed by atoms with Gasteiger partial charge in [0.25, 0.3) is 5.91 Å². The average molecular weight is 472 g/mol. The van der Waals surface area contributed by atoms with Crippen molar-refractivity contribution in [3.8, 4) is 0 Å². The Morgan fingerprint density at radius 3 is 2.77 bits per heavy atom. The summed E-state index contributed by atoms with van der Waals surface area (Å²) in [5.74, 6) is -0.225. The minimum atomic E-state index is -0.273. The van der Waals surface area contributed by atoms with E-state index in [2.05, 4.69) is 23.7 Å². The average Bonchev–Trinajstić information content (AvgIpc) is 3.04. The summed E-state index contributed by atoms with van der Waals surface area (Å²) >= 11 is 1.53. The van der Waals surface area contributed by atoms with Crippen molar-refractivity contribution in [2.24, 2.45) is 0 Å². The normalized spacial score (nSPS) is 16.5. The summed E-state index contributed by atoms with van der Waals surface area (Å²) in [6.07, 6.45) is 5.86. The van der Waals surface area contributed by atoms with Crippen LogP contribution in [0.5, 0.6) is 0 Å².